The van der Waals surface area contributed by atoms with Gasteiger partial charge in [-0.15, -0.1) is 11.3 Å². The number of methoxy groups -OCH3 is 3. The number of ether oxygens (including phenoxy) is 3. The van der Waals surface area contributed by atoms with E-state index in [1.807, 2.05) is 24.0 Å². The highest BCUT2D eigenvalue weighted by Crippen LogP contribution is 2.42. The third-order valence-corrected chi connectivity index (χ3v) is 8.01. The van der Waals surface area contributed by atoms with E-state index in [4.69, 9.17) is 19.2 Å². The minimum Gasteiger partial charge on any atom is -0.493 e. The lowest BCUT2D eigenvalue weighted by Gasteiger charge is -2.38. The number of likely N-dealkylation sites (tertiary alicyclic amines) is 2. The van der Waals surface area contributed by atoms with Crippen molar-refractivity contribution in [3.8, 4) is 27.8 Å². The number of amides is 1. The van der Waals surface area contributed by atoms with Crippen LogP contribution in [0, 0.1) is 6.92 Å². The fraction of sp³-hybridized carbons (Fsp3) is 0.600. The largest absolute Gasteiger partial charge is 0.493 e. The molecule has 0 unspecified atom stereocenters. The third-order valence-electron chi connectivity index (χ3n) is 6.81. The van der Waals surface area contributed by atoms with Crippen LogP contribution in [0.4, 0.5) is 0 Å². The Morgan fingerprint density at radius 3 is 2.09 bits per heavy atom. The molecular formula is C25H35N3O4S. The predicted molar refractivity (Wildman–Crippen MR) is 131 cm³/mol. The van der Waals surface area contributed by atoms with Crippen LogP contribution in [0.15, 0.2) is 12.1 Å². The van der Waals surface area contributed by atoms with Gasteiger partial charge in [-0.05, 0) is 57.8 Å². The van der Waals surface area contributed by atoms with E-state index in [1.54, 1.807) is 21.3 Å². The quantitative estimate of drug-likeness (QED) is 0.610. The zero-order valence-corrected chi connectivity index (χ0v) is 21.0. The van der Waals surface area contributed by atoms with Gasteiger partial charge in [-0.25, -0.2) is 4.98 Å². The van der Waals surface area contributed by atoms with Crippen molar-refractivity contribution in [1.29, 1.82) is 0 Å². The monoisotopic (exact) mass is 473 g/mol. The zero-order chi connectivity index (χ0) is 23.4. The molecule has 2 saturated heterocycles. The lowest BCUT2D eigenvalue weighted by molar-refractivity contribution is 0.0626. The molecule has 0 saturated carbocycles. The van der Waals surface area contributed by atoms with Crippen molar-refractivity contribution in [3.63, 3.8) is 0 Å². The van der Waals surface area contributed by atoms with Crippen LogP contribution in [0.1, 0.15) is 53.9 Å². The zero-order valence-electron chi connectivity index (χ0n) is 20.2. The molecule has 8 heteroatoms. The Labute approximate surface area is 200 Å². The summed E-state index contributed by atoms with van der Waals surface area (Å²) >= 11 is 1.43. The van der Waals surface area contributed by atoms with Gasteiger partial charge in [-0.2, -0.15) is 0 Å². The summed E-state index contributed by atoms with van der Waals surface area (Å²) in [6.45, 7) is 5.97. The lowest BCUT2D eigenvalue weighted by atomic mass is 10.0. The van der Waals surface area contributed by atoms with E-state index in [1.165, 1.54) is 50.1 Å². The molecule has 2 fully saturated rings. The molecule has 0 atom stereocenters. The minimum absolute atomic E-state index is 0.0954. The maximum absolute atomic E-state index is 13.4. The highest BCUT2D eigenvalue weighted by Gasteiger charge is 2.29. The molecule has 180 valence electrons. The van der Waals surface area contributed by atoms with Crippen LogP contribution in [0.5, 0.6) is 17.2 Å². The van der Waals surface area contributed by atoms with Crippen LogP contribution in [0.3, 0.4) is 0 Å². The summed E-state index contributed by atoms with van der Waals surface area (Å²) in [6, 6.07) is 4.37. The highest BCUT2D eigenvalue weighted by atomic mass is 32.1. The van der Waals surface area contributed by atoms with Crippen molar-refractivity contribution in [1.82, 2.24) is 14.8 Å². The SMILES string of the molecule is COc1cc(-c2nc(C)c(C(=O)N3CCC(N4CCCCCC4)CC3)s2)cc(OC)c1OC. The van der Waals surface area contributed by atoms with Gasteiger partial charge in [-0.3, -0.25) is 4.79 Å². The van der Waals surface area contributed by atoms with Gasteiger partial charge in [0.15, 0.2) is 11.5 Å². The highest BCUT2D eigenvalue weighted by molar-refractivity contribution is 7.17. The van der Waals surface area contributed by atoms with Crippen molar-refractivity contribution in [2.45, 2.75) is 51.5 Å². The Morgan fingerprint density at radius 1 is 0.939 bits per heavy atom. The molecular weight excluding hydrogens is 438 g/mol. The van der Waals surface area contributed by atoms with Crippen LogP contribution < -0.4 is 14.2 Å². The molecule has 3 heterocycles. The number of aryl methyl sites for hydroxylation is 1. The summed E-state index contributed by atoms with van der Waals surface area (Å²) in [4.78, 5) is 23.5. The predicted octanol–water partition coefficient (Wildman–Crippen LogP) is 4.62. The van der Waals surface area contributed by atoms with Crippen molar-refractivity contribution in [3.05, 3.63) is 22.7 Å². The molecule has 0 N–H and O–H groups in total. The Balaban J connectivity index is 1.48. The minimum atomic E-state index is 0.0954. The Bertz CT molecular complexity index is 936. The molecule has 0 aliphatic carbocycles. The topological polar surface area (TPSA) is 64.1 Å². The second kappa shape index (κ2) is 10.7. The second-order valence-corrected chi connectivity index (χ2v) is 9.82. The summed E-state index contributed by atoms with van der Waals surface area (Å²) in [7, 11) is 4.77. The van der Waals surface area contributed by atoms with Crippen LogP contribution in [-0.2, 0) is 0 Å². The summed E-state index contributed by atoms with van der Waals surface area (Å²) < 4.78 is 16.4. The number of hydrogen-bond donors (Lipinski definition) is 0. The number of carbonyl (C=O) groups excluding carboxylic acids is 1. The Kier molecular flexibility index (Phi) is 7.75. The molecule has 1 aromatic heterocycles. The third kappa shape index (κ3) is 5.11. The molecule has 1 amide bonds. The van der Waals surface area contributed by atoms with Gasteiger partial charge in [0, 0.05) is 24.7 Å². The molecule has 0 radical (unpaired) electrons. The number of aromatic nitrogens is 1. The van der Waals surface area contributed by atoms with Crippen molar-refractivity contribution >= 4 is 17.2 Å². The van der Waals surface area contributed by atoms with Gasteiger partial charge in [0.25, 0.3) is 5.91 Å². The number of benzene rings is 1. The van der Waals surface area contributed by atoms with Gasteiger partial charge < -0.3 is 24.0 Å². The number of piperidine rings is 1. The molecule has 2 aliphatic heterocycles. The maximum atomic E-state index is 13.4. The van der Waals surface area contributed by atoms with Crippen LogP contribution in [-0.4, -0.2) is 74.2 Å². The summed E-state index contributed by atoms with van der Waals surface area (Å²) in [6.07, 6.45) is 7.44. The van der Waals surface area contributed by atoms with E-state index in [0.29, 0.717) is 28.2 Å². The van der Waals surface area contributed by atoms with E-state index in [2.05, 4.69) is 4.90 Å². The van der Waals surface area contributed by atoms with E-state index < -0.39 is 0 Å². The molecule has 7 nitrogen and oxygen atoms in total. The van der Waals surface area contributed by atoms with E-state index in [-0.39, 0.29) is 5.91 Å². The molecule has 0 bridgehead atoms. The molecule has 1 aromatic carbocycles. The molecule has 0 spiro atoms. The standard InChI is InChI=1S/C25H35N3O4S/c1-17-23(25(29)28-13-9-19(10-14-28)27-11-7-5-6-8-12-27)33-24(26-17)18-15-20(30-2)22(32-4)21(16-18)31-3/h15-16,19H,5-14H2,1-4H3. The van der Waals surface area contributed by atoms with Crippen molar-refractivity contribution in [2.24, 2.45) is 0 Å². The van der Waals surface area contributed by atoms with Crippen LogP contribution in [0.25, 0.3) is 10.6 Å². The average Bonchev–Trinajstić information content (AvgIpc) is 3.05. The first-order valence-corrected chi connectivity index (χ1v) is 12.7. The summed E-state index contributed by atoms with van der Waals surface area (Å²) in [5, 5.41) is 0.773. The summed E-state index contributed by atoms with van der Waals surface area (Å²) in [5.74, 6) is 1.78. The Hall–Kier alpha value is -2.32. The van der Waals surface area contributed by atoms with Gasteiger partial charge in [0.2, 0.25) is 5.75 Å². The van der Waals surface area contributed by atoms with Crippen molar-refractivity contribution < 1.29 is 19.0 Å². The smallest absolute Gasteiger partial charge is 0.265 e. The van der Waals surface area contributed by atoms with Gasteiger partial charge >= 0.3 is 0 Å². The van der Waals surface area contributed by atoms with Crippen LogP contribution >= 0.6 is 11.3 Å². The lowest BCUT2D eigenvalue weighted by Crippen LogP contribution is -2.47. The van der Waals surface area contributed by atoms with Crippen LogP contribution in [0.2, 0.25) is 0 Å². The first-order chi connectivity index (χ1) is 16.0. The molecule has 2 aliphatic rings. The molecule has 2 aromatic rings. The fourth-order valence-electron chi connectivity index (χ4n) is 4.96. The first-order valence-electron chi connectivity index (χ1n) is 11.9. The first kappa shape index (κ1) is 23.8. The number of carbonyl (C=O) groups is 1. The molecule has 33 heavy (non-hydrogen) atoms. The number of nitrogens with zero attached hydrogens (tertiary/aromatic N) is 3. The normalized spacial score (nSPS) is 18.1. The number of hydrogen-bond acceptors (Lipinski definition) is 7. The number of rotatable bonds is 6. The van der Waals surface area contributed by atoms with Gasteiger partial charge in [0.1, 0.15) is 9.88 Å². The fourth-order valence-corrected chi connectivity index (χ4v) is 5.98. The van der Waals surface area contributed by atoms with Gasteiger partial charge in [-0.1, -0.05) is 12.8 Å². The Morgan fingerprint density at radius 2 is 1.55 bits per heavy atom. The van der Waals surface area contributed by atoms with E-state index in [9.17, 15) is 4.79 Å². The van der Waals surface area contributed by atoms with Crippen molar-refractivity contribution in [2.75, 3.05) is 47.5 Å². The van der Waals surface area contributed by atoms with Gasteiger partial charge in [0.05, 0.1) is 27.0 Å². The molecule has 4 rings (SSSR count). The number of thiazole rings is 1. The maximum Gasteiger partial charge on any atom is 0.265 e. The second-order valence-electron chi connectivity index (χ2n) is 8.82. The van der Waals surface area contributed by atoms with E-state index >= 15 is 0 Å². The summed E-state index contributed by atoms with van der Waals surface area (Å²) in [5.41, 5.74) is 1.61. The van der Waals surface area contributed by atoms with E-state index in [0.717, 1.165) is 42.2 Å². The average molecular weight is 474 g/mol.